The zero-order valence-electron chi connectivity index (χ0n) is 17.9. The zero-order chi connectivity index (χ0) is 18.8. The Bertz CT molecular complexity index is 607. The van der Waals surface area contributed by atoms with Crippen molar-refractivity contribution in [3.8, 4) is 0 Å². The summed E-state index contributed by atoms with van der Waals surface area (Å²) in [5, 5.41) is 10.3. The molecule has 4 aliphatic carbocycles. The number of rotatable bonds is 1. The highest BCUT2D eigenvalue weighted by Gasteiger charge is 2.60. The smallest absolute Gasteiger partial charge is 0.0543 e. The van der Waals surface area contributed by atoms with Crippen molar-refractivity contribution in [2.24, 2.45) is 40.4 Å². The van der Waals surface area contributed by atoms with Crippen LogP contribution in [-0.2, 0) is 0 Å². The van der Waals surface area contributed by atoms with Gasteiger partial charge in [0, 0.05) is 24.2 Å². The number of likely N-dealkylation sites (tertiary alicyclic amines) is 1. The molecule has 0 aromatic rings. The highest BCUT2D eigenvalue weighted by Crippen LogP contribution is 2.67. The van der Waals surface area contributed by atoms with Gasteiger partial charge in [-0.25, -0.2) is 0 Å². The van der Waals surface area contributed by atoms with Crippen molar-refractivity contribution in [1.82, 2.24) is 4.90 Å². The third-order valence-electron chi connectivity index (χ3n) is 10.2. The molecule has 8 atom stereocenters. The van der Waals surface area contributed by atoms with E-state index < -0.39 is 0 Å². The molecule has 5 aliphatic rings. The van der Waals surface area contributed by atoms with Gasteiger partial charge >= 0.3 is 0 Å². The number of aliphatic hydroxyl groups is 1. The molecule has 1 saturated heterocycles. The third-order valence-corrected chi connectivity index (χ3v) is 10.2. The Hall–Kier alpha value is -0.500. The SMILES string of the molecule is CC1CC2CC(O)CC[C@]2(C)[C@@H]2CC[C@]3(C)C(N4CCCCC4)=CC[C@H]3[C@H]12. The molecular weight excluding hydrogens is 330 g/mol. The van der Waals surface area contributed by atoms with E-state index in [0.717, 1.165) is 42.4 Å². The Balaban J connectivity index is 1.42. The van der Waals surface area contributed by atoms with E-state index in [1.165, 1.54) is 64.5 Å². The predicted octanol–water partition coefficient (Wildman–Crippen LogP) is 5.62. The fourth-order valence-corrected chi connectivity index (χ4v) is 8.79. The zero-order valence-corrected chi connectivity index (χ0v) is 17.9. The van der Waals surface area contributed by atoms with Crippen LogP contribution in [0, 0.1) is 40.4 Å². The summed E-state index contributed by atoms with van der Waals surface area (Å²) in [6.07, 6.45) is 15.8. The Labute approximate surface area is 166 Å². The predicted molar refractivity (Wildman–Crippen MR) is 111 cm³/mol. The first-order valence-electron chi connectivity index (χ1n) is 12.1. The molecule has 0 aromatic heterocycles. The molecule has 2 nitrogen and oxygen atoms in total. The summed E-state index contributed by atoms with van der Waals surface area (Å²) in [6.45, 7) is 10.4. The average molecular weight is 372 g/mol. The molecule has 27 heavy (non-hydrogen) atoms. The largest absolute Gasteiger partial charge is 0.393 e. The standard InChI is InChI=1S/C25H41NO/c1-17-15-18-16-19(27)9-11-24(18,2)21-10-12-25(3)20(23(17)21)7-8-22(25)26-13-5-4-6-14-26/h8,17-21,23,27H,4-7,9-16H2,1-3H3/t17?,18?,19?,20-,21+,23-,24-,25-/m0/s1. The van der Waals surface area contributed by atoms with Crippen LogP contribution in [-0.4, -0.2) is 29.2 Å². The van der Waals surface area contributed by atoms with Crippen molar-refractivity contribution in [2.45, 2.75) is 91.1 Å². The Morgan fingerprint density at radius 2 is 1.78 bits per heavy atom. The summed E-state index contributed by atoms with van der Waals surface area (Å²) in [5.41, 5.74) is 2.67. The second kappa shape index (κ2) is 6.51. The molecule has 5 rings (SSSR count). The fraction of sp³-hybridized carbons (Fsp3) is 0.920. The van der Waals surface area contributed by atoms with Gasteiger partial charge in [0.1, 0.15) is 0 Å². The number of hydrogen-bond donors (Lipinski definition) is 1. The fourth-order valence-electron chi connectivity index (χ4n) is 8.79. The highest BCUT2D eigenvalue weighted by atomic mass is 16.3. The number of allylic oxidation sites excluding steroid dienone is 2. The van der Waals surface area contributed by atoms with Crippen LogP contribution in [0.4, 0.5) is 0 Å². The monoisotopic (exact) mass is 371 g/mol. The van der Waals surface area contributed by atoms with Gasteiger partial charge in [-0.05, 0) is 99.2 Å². The van der Waals surface area contributed by atoms with E-state index in [-0.39, 0.29) is 6.10 Å². The molecule has 4 fully saturated rings. The van der Waals surface area contributed by atoms with Crippen LogP contribution >= 0.6 is 0 Å². The maximum Gasteiger partial charge on any atom is 0.0543 e. The first-order valence-corrected chi connectivity index (χ1v) is 12.1. The minimum absolute atomic E-state index is 0.0282. The molecule has 2 heteroatoms. The van der Waals surface area contributed by atoms with E-state index in [9.17, 15) is 5.11 Å². The number of aliphatic hydroxyl groups excluding tert-OH is 1. The molecule has 0 radical (unpaired) electrons. The van der Waals surface area contributed by atoms with E-state index in [1.54, 1.807) is 5.70 Å². The molecule has 1 heterocycles. The lowest BCUT2D eigenvalue weighted by Crippen LogP contribution is -2.56. The molecule has 1 N–H and O–H groups in total. The lowest BCUT2D eigenvalue weighted by Gasteiger charge is -2.63. The highest BCUT2D eigenvalue weighted by molar-refractivity contribution is 5.25. The van der Waals surface area contributed by atoms with Crippen molar-refractivity contribution in [3.05, 3.63) is 11.8 Å². The molecule has 0 amide bonds. The second-order valence-corrected chi connectivity index (χ2v) is 11.5. The first kappa shape index (κ1) is 18.5. The second-order valence-electron chi connectivity index (χ2n) is 11.5. The van der Waals surface area contributed by atoms with Crippen LogP contribution in [0.3, 0.4) is 0 Å². The minimum Gasteiger partial charge on any atom is -0.393 e. The molecule has 3 unspecified atom stereocenters. The lowest BCUT2D eigenvalue weighted by molar-refractivity contribution is -0.142. The quantitative estimate of drug-likeness (QED) is 0.647. The van der Waals surface area contributed by atoms with Crippen LogP contribution in [0.2, 0.25) is 0 Å². The van der Waals surface area contributed by atoms with Crippen molar-refractivity contribution in [2.75, 3.05) is 13.1 Å². The molecule has 152 valence electrons. The molecule has 0 bridgehead atoms. The van der Waals surface area contributed by atoms with E-state index in [4.69, 9.17) is 0 Å². The molecule has 0 aromatic carbocycles. The summed E-state index contributed by atoms with van der Waals surface area (Å²) < 4.78 is 0. The van der Waals surface area contributed by atoms with Crippen LogP contribution in [0.5, 0.6) is 0 Å². The number of nitrogens with zero attached hydrogens (tertiary/aromatic N) is 1. The summed E-state index contributed by atoms with van der Waals surface area (Å²) in [6, 6.07) is 0. The van der Waals surface area contributed by atoms with Crippen LogP contribution in [0.25, 0.3) is 0 Å². The average Bonchev–Trinajstić information content (AvgIpc) is 3.01. The van der Waals surface area contributed by atoms with Crippen molar-refractivity contribution in [3.63, 3.8) is 0 Å². The molecular formula is C25H41NO. The van der Waals surface area contributed by atoms with Crippen molar-refractivity contribution >= 4 is 0 Å². The van der Waals surface area contributed by atoms with Gasteiger partial charge in [0.15, 0.2) is 0 Å². The van der Waals surface area contributed by atoms with Gasteiger partial charge in [-0.15, -0.1) is 0 Å². The summed E-state index contributed by atoms with van der Waals surface area (Å²) >= 11 is 0. The van der Waals surface area contributed by atoms with Crippen LogP contribution in [0.1, 0.15) is 85.0 Å². The van der Waals surface area contributed by atoms with Crippen molar-refractivity contribution in [1.29, 1.82) is 0 Å². The van der Waals surface area contributed by atoms with Crippen LogP contribution in [0.15, 0.2) is 11.8 Å². The molecule has 0 spiro atoms. The lowest BCUT2D eigenvalue weighted by atomic mass is 9.43. The number of hydrogen-bond acceptors (Lipinski definition) is 2. The van der Waals surface area contributed by atoms with Gasteiger partial charge in [-0.3, -0.25) is 0 Å². The van der Waals surface area contributed by atoms with E-state index in [2.05, 4.69) is 31.7 Å². The number of piperidine rings is 1. The normalized spacial score (nSPS) is 52.6. The van der Waals surface area contributed by atoms with Gasteiger partial charge in [0.05, 0.1) is 6.10 Å². The summed E-state index contributed by atoms with van der Waals surface area (Å²) in [4.78, 5) is 2.78. The Morgan fingerprint density at radius 3 is 2.56 bits per heavy atom. The molecule has 3 saturated carbocycles. The van der Waals surface area contributed by atoms with Gasteiger partial charge in [-0.1, -0.05) is 26.8 Å². The third kappa shape index (κ3) is 2.68. The maximum atomic E-state index is 10.3. The summed E-state index contributed by atoms with van der Waals surface area (Å²) in [7, 11) is 0. The van der Waals surface area contributed by atoms with E-state index in [0.29, 0.717) is 10.8 Å². The first-order chi connectivity index (χ1) is 12.9. The van der Waals surface area contributed by atoms with Crippen LogP contribution < -0.4 is 0 Å². The summed E-state index contributed by atoms with van der Waals surface area (Å²) in [5.74, 6) is 4.26. The van der Waals surface area contributed by atoms with Gasteiger partial charge < -0.3 is 10.0 Å². The minimum atomic E-state index is -0.0282. The van der Waals surface area contributed by atoms with Gasteiger partial charge in [-0.2, -0.15) is 0 Å². The number of fused-ring (bicyclic) bond motifs is 5. The Morgan fingerprint density at radius 1 is 1.00 bits per heavy atom. The maximum absolute atomic E-state index is 10.3. The Kier molecular flexibility index (Phi) is 4.46. The van der Waals surface area contributed by atoms with E-state index >= 15 is 0 Å². The van der Waals surface area contributed by atoms with Crippen molar-refractivity contribution < 1.29 is 5.11 Å². The topological polar surface area (TPSA) is 23.5 Å². The molecule has 1 aliphatic heterocycles. The van der Waals surface area contributed by atoms with Gasteiger partial charge in [0.2, 0.25) is 0 Å². The van der Waals surface area contributed by atoms with E-state index in [1.807, 2.05) is 0 Å². The van der Waals surface area contributed by atoms with Gasteiger partial charge in [0.25, 0.3) is 0 Å².